The zero-order valence-corrected chi connectivity index (χ0v) is 12.0. The summed E-state index contributed by atoms with van der Waals surface area (Å²) < 4.78 is 13.4. The highest BCUT2D eigenvalue weighted by Crippen LogP contribution is 2.29. The van der Waals surface area contributed by atoms with Gasteiger partial charge in [0.05, 0.1) is 0 Å². The monoisotopic (exact) mass is 264 g/mol. The molecule has 1 aromatic rings. The molecular weight excluding hydrogens is 239 g/mol. The lowest BCUT2D eigenvalue weighted by molar-refractivity contribution is 0.362. The Bertz CT molecular complexity index is 411. The number of halogens is 1. The first-order valence-corrected chi connectivity index (χ1v) is 7.34. The summed E-state index contributed by atoms with van der Waals surface area (Å²) in [6, 6.07) is 4.81. The van der Waals surface area contributed by atoms with Crippen LogP contribution >= 0.6 is 0 Å². The topological polar surface area (TPSA) is 29.3 Å². The minimum absolute atomic E-state index is 0.139. The molecule has 2 nitrogen and oxygen atoms in total. The number of rotatable bonds is 4. The normalized spacial score (nSPS) is 18.3. The molecule has 0 saturated heterocycles. The standard InChI is InChI=1S/C16H25FN2/c1-12(18)15-10-14(17)8-9-16(15)19(2)11-13-6-4-3-5-7-13/h8-10,12-13H,3-7,11,18H2,1-2H3/t12-/m0/s1. The third kappa shape index (κ3) is 3.69. The molecular formula is C16H25FN2. The predicted molar refractivity (Wildman–Crippen MR) is 78.8 cm³/mol. The minimum Gasteiger partial charge on any atom is -0.374 e. The van der Waals surface area contributed by atoms with Crippen LogP contribution in [0.15, 0.2) is 18.2 Å². The molecule has 19 heavy (non-hydrogen) atoms. The van der Waals surface area contributed by atoms with Crippen molar-refractivity contribution in [1.82, 2.24) is 0 Å². The average molecular weight is 264 g/mol. The van der Waals surface area contributed by atoms with Gasteiger partial charge in [-0.2, -0.15) is 0 Å². The molecule has 1 aliphatic carbocycles. The molecule has 1 atom stereocenters. The van der Waals surface area contributed by atoms with Crippen molar-refractivity contribution in [2.45, 2.75) is 45.1 Å². The Morgan fingerprint density at radius 3 is 2.63 bits per heavy atom. The van der Waals surface area contributed by atoms with E-state index in [4.69, 9.17) is 5.73 Å². The molecule has 0 bridgehead atoms. The number of benzene rings is 1. The number of hydrogen-bond acceptors (Lipinski definition) is 2. The molecule has 2 rings (SSSR count). The van der Waals surface area contributed by atoms with Gasteiger partial charge in [0.25, 0.3) is 0 Å². The van der Waals surface area contributed by atoms with Crippen molar-refractivity contribution in [3.8, 4) is 0 Å². The second kappa shape index (κ2) is 6.38. The van der Waals surface area contributed by atoms with Gasteiger partial charge in [0.1, 0.15) is 5.82 Å². The van der Waals surface area contributed by atoms with Crippen molar-refractivity contribution in [2.75, 3.05) is 18.5 Å². The molecule has 1 aromatic carbocycles. The Morgan fingerprint density at radius 1 is 1.32 bits per heavy atom. The zero-order chi connectivity index (χ0) is 13.8. The summed E-state index contributed by atoms with van der Waals surface area (Å²) in [6.45, 7) is 2.96. The summed E-state index contributed by atoms with van der Waals surface area (Å²) in [5.74, 6) is 0.562. The second-order valence-corrected chi connectivity index (χ2v) is 5.88. The highest BCUT2D eigenvalue weighted by Gasteiger charge is 2.18. The molecule has 0 aromatic heterocycles. The summed E-state index contributed by atoms with van der Waals surface area (Å²) in [4.78, 5) is 2.24. The van der Waals surface area contributed by atoms with Crippen LogP contribution in [0.3, 0.4) is 0 Å². The van der Waals surface area contributed by atoms with Crippen LogP contribution in [0.4, 0.5) is 10.1 Å². The summed E-state index contributed by atoms with van der Waals surface area (Å²) in [7, 11) is 2.09. The number of nitrogens with two attached hydrogens (primary N) is 1. The lowest BCUT2D eigenvalue weighted by atomic mass is 9.89. The highest BCUT2D eigenvalue weighted by atomic mass is 19.1. The van der Waals surface area contributed by atoms with Crippen LogP contribution in [-0.2, 0) is 0 Å². The second-order valence-electron chi connectivity index (χ2n) is 5.88. The van der Waals surface area contributed by atoms with E-state index in [1.165, 1.54) is 38.2 Å². The molecule has 2 N–H and O–H groups in total. The van der Waals surface area contributed by atoms with Gasteiger partial charge in [0.15, 0.2) is 0 Å². The quantitative estimate of drug-likeness (QED) is 0.894. The Morgan fingerprint density at radius 2 is 2.00 bits per heavy atom. The summed E-state index contributed by atoms with van der Waals surface area (Å²) in [5.41, 5.74) is 7.93. The fourth-order valence-corrected chi connectivity index (χ4v) is 3.09. The molecule has 0 amide bonds. The van der Waals surface area contributed by atoms with Crippen molar-refractivity contribution in [1.29, 1.82) is 0 Å². The molecule has 3 heteroatoms. The van der Waals surface area contributed by atoms with Gasteiger partial charge in [-0.3, -0.25) is 0 Å². The van der Waals surface area contributed by atoms with E-state index in [0.29, 0.717) is 0 Å². The van der Waals surface area contributed by atoms with Crippen LogP contribution < -0.4 is 10.6 Å². The fourth-order valence-electron chi connectivity index (χ4n) is 3.09. The third-order valence-electron chi connectivity index (χ3n) is 4.15. The van der Waals surface area contributed by atoms with Crippen molar-refractivity contribution in [2.24, 2.45) is 11.7 Å². The van der Waals surface area contributed by atoms with E-state index in [9.17, 15) is 4.39 Å². The Hall–Kier alpha value is -1.09. The average Bonchev–Trinajstić information content (AvgIpc) is 2.39. The molecule has 0 heterocycles. The van der Waals surface area contributed by atoms with E-state index in [0.717, 1.165) is 23.7 Å². The first-order valence-electron chi connectivity index (χ1n) is 7.34. The van der Waals surface area contributed by atoms with Crippen molar-refractivity contribution < 1.29 is 4.39 Å². The molecule has 0 unspecified atom stereocenters. The highest BCUT2D eigenvalue weighted by molar-refractivity contribution is 5.54. The largest absolute Gasteiger partial charge is 0.374 e. The molecule has 0 aliphatic heterocycles. The third-order valence-corrected chi connectivity index (χ3v) is 4.15. The molecule has 1 aliphatic rings. The Balaban J connectivity index is 2.11. The van der Waals surface area contributed by atoms with Crippen molar-refractivity contribution in [3.05, 3.63) is 29.6 Å². The summed E-state index contributed by atoms with van der Waals surface area (Å²) >= 11 is 0. The number of anilines is 1. The van der Waals surface area contributed by atoms with Crippen LogP contribution in [0.1, 0.15) is 50.6 Å². The smallest absolute Gasteiger partial charge is 0.123 e. The maximum Gasteiger partial charge on any atom is 0.123 e. The van der Waals surface area contributed by atoms with E-state index in [1.807, 2.05) is 13.0 Å². The number of nitrogens with zero attached hydrogens (tertiary/aromatic N) is 1. The first kappa shape index (κ1) is 14.3. The van der Waals surface area contributed by atoms with Gasteiger partial charge >= 0.3 is 0 Å². The van der Waals surface area contributed by atoms with Gasteiger partial charge < -0.3 is 10.6 Å². The van der Waals surface area contributed by atoms with E-state index in [1.54, 1.807) is 6.07 Å². The summed E-state index contributed by atoms with van der Waals surface area (Å²) in [5, 5.41) is 0. The minimum atomic E-state index is -0.206. The van der Waals surface area contributed by atoms with Crippen molar-refractivity contribution in [3.63, 3.8) is 0 Å². The fraction of sp³-hybridized carbons (Fsp3) is 0.625. The van der Waals surface area contributed by atoms with E-state index in [2.05, 4.69) is 11.9 Å². The molecule has 1 fully saturated rings. The Kier molecular flexibility index (Phi) is 4.81. The zero-order valence-electron chi connectivity index (χ0n) is 12.0. The van der Waals surface area contributed by atoms with E-state index >= 15 is 0 Å². The van der Waals surface area contributed by atoms with Gasteiger partial charge in [0, 0.05) is 25.3 Å². The van der Waals surface area contributed by atoms with Gasteiger partial charge in [-0.15, -0.1) is 0 Å². The number of hydrogen-bond donors (Lipinski definition) is 1. The predicted octanol–water partition coefficient (Wildman–Crippen LogP) is 3.86. The molecule has 0 radical (unpaired) electrons. The van der Waals surface area contributed by atoms with E-state index < -0.39 is 0 Å². The molecule has 106 valence electrons. The van der Waals surface area contributed by atoms with Gasteiger partial charge in [-0.25, -0.2) is 4.39 Å². The molecule has 1 saturated carbocycles. The van der Waals surface area contributed by atoms with Crippen molar-refractivity contribution >= 4 is 5.69 Å². The summed E-state index contributed by atoms with van der Waals surface area (Å²) in [6.07, 6.45) is 6.71. The molecule has 0 spiro atoms. The lowest BCUT2D eigenvalue weighted by Crippen LogP contribution is -2.28. The van der Waals surface area contributed by atoms with Gasteiger partial charge in [0.2, 0.25) is 0 Å². The van der Waals surface area contributed by atoms with Crippen LogP contribution in [0, 0.1) is 11.7 Å². The SMILES string of the molecule is C[C@H](N)c1cc(F)ccc1N(C)CC1CCCCC1. The van der Waals surface area contributed by atoms with Crippen LogP contribution in [0.25, 0.3) is 0 Å². The van der Waals surface area contributed by atoms with E-state index in [-0.39, 0.29) is 11.9 Å². The maximum absolute atomic E-state index is 13.4. The first-order chi connectivity index (χ1) is 9.08. The van der Waals surface area contributed by atoms with Gasteiger partial charge in [-0.1, -0.05) is 19.3 Å². The maximum atomic E-state index is 13.4. The van der Waals surface area contributed by atoms with Crippen LogP contribution in [0.2, 0.25) is 0 Å². The van der Waals surface area contributed by atoms with Crippen LogP contribution in [-0.4, -0.2) is 13.6 Å². The Labute approximate surface area is 115 Å². The lowest BCUT2D eigenvalue weighted by Gasteiger charge is -2.30. The van der Waals surface area contributed by atoms with Crippen LogP contribution in [0.5, 0.6) is 0 Å². The van der Waals surface area contributed by atoms with Gasteiger partial charge in [-0.05, 0) is 49.4 Å².